The van der Waals surface area contributed by atoms with E-state index in [0.29, 0.717) is 24.3 Å². The molecule has 0 saturated carbocycles. The number of anilines is 1. The van der Waals surface area contributed by atoms with Gasteiger partial charge in [0.25, 0.3) is 0 Å². The second-order valence-electron chi connectivity index (χ2n) is 4.24. The van der Waals surface area contributed by atoms with Crippen LogP contribution in [0, 0.1) is 0 Å². The Hall–Kier alpha value is -2.30. The summed E-state index contributed by atoms with van der Waals surface area (Å²) in [6.45, 7) is 3.13. The highest BCUT2D eigenvalue weighted by molar-refractivity contribution is 5.91. The maximum absolute atomic E-state index is 11.0. The molecular weight excluding hydrogens is 246 g/mol. The lowest BCUT2D eigenvalue weighted by molar-refractivity contribution is -0.140. The van der Waals surface area contributed by atoms with E-state index < -0.39 is 0 Å². The molecule has 0 spiro atoms. The van der Waals surface area contributed by atoms with Gasteiger partial charge in [0.2, 0.25) is 5.91 Å². The summed E-state index contributed by atoms with van der Waals surface area (Å²) in [6, 6.07) is 7.36. The molecule has 5 nitrogen and oxygen atoms in total. The summed E-state index contributed by atoms with van der Waals surface area (Å²) < 4.78 is 10.5. The Morgan fingerprint density at radius 3 is 2.74 bits per heavy atom. The van der Waals surface area contributed by atoms with Crippen molar-refractivity contribution in [2.24, 2.45) is 0 Å². The summed E-state index contributed by atoms with van der Waals surface area (Å²) >= 11 is 0. The van der Waals surface area contributed by atoms with Gasteiger partial charge in [-0.2, -0.15) is 0 Å². The summed E-state index contributed by atoms with van der Waals surface area (Å²) in [6.07, 6.45) is 0.531. The van der Waals surface area contributed by atoms with Gasteiger partial charge in [-0.15, -0.1) is 0 Å². The fourth-order valence-electron chi connectivity index (χ4n) is 1.79. The van der Waals surface area contributed by atoms with Crippen LogP contribution in [-0.2, 0) is 20.7 Å². The van der Waals surface area contributed by atoms with Crippen molar-refractivity contribution < 1.29 is 18.7 Å². The van der Waals surface area contributed by atoms with Crippen molar-refractivity contribution in [1.29, 1.82) is 0 Å². The molecule has 100 valence electrons. The number of ether oxygens (including phenoxy) is 1. The van der Waals surface area contributed by atoms with E-state index in [1.165, 1.54) is 13.8 Å². The number of carbonyl (C=O) groups is 2. The minimum absolute atomic E-state index is 0.124. The number of benzene rings is 1. The van der Waals surface area contributed by atoms with Gasteiger partial charge in [-0.3, -0.25) is 9.59 Å². The highest BCUT2D eigenvalue weighted by Crippen LogP contribution is 2.23. The van der Waals surface area contributed by atoms with Crippen LogP contribution in [0.15, 0.2) is 28.7 Å². The molecule has 1 amide bonds. The first kappa shape index (κ1) is 13.1. The molecule has 2 rings (SSSR count). The number of carbonyl (C=O) groups excluding carboxylic acids is 2. The topological polar surface area (TPSA) is 68.5 Å². The quantitative estimate of drug-likeness (QED) is 0.858. The average Bonchev–Trinajstić information content (AvgIpc) is 2.69. The Labute approximate surface area is 110 Å². The zero-order valence-electron chi connectivity index (χ0n) is 10.9. The average molecular weight is 261 g/mol. The molecule has 0 aliphatic heterocycles. The molecule has 0 aliphatic carbocycles. The molecule has 5 heteroatoms. The van der Waals surface area contributed by atoms with Crippen LogP contribution in [0.1, 0.15) is 19.6 Å². The summed E-state index contributed by atoms with van der Waals surface area (Å²) in [5, 5.41) is 3.65. The van der Waals surface area contributed by atoms with Gasteiger partial charge in [-0.25, -0.2) is 0 Å². The van der Waals surface area contributed by atoms with E-state index in [1.54, 1.807) is 6.07 Å². The van der Waals surface area contributed by atoms with Gasteiger partial charge < -0.3 is 14.5 Å². The maximum atomic E-state index is 11.0. The summed E-state index contributed by atoms with van der Waals surface area (Å²) in [4.78, 5) is 21.6. The van der Waals surface area contributed by atoms with Crippen LogP contribution in [0.4, 0.5) is 5.69 Å². The molecule has 0 bridgehead atoms. The standard InChI is InChI=1S/C14H15NO4/c1-9(16)15-12-4-3-11-7-13(19-14(11)8-12)5-6-18-10(2)17/h3-4,7-8H,5-6H2,1-2H3,(H,15,16). The zero-order chi connectivity index (χ0) is 13.8. The first-order chi connectivity index (χ1) is 9.04. The SMILES string of the molecule is CC(=O)Nc1ccc2cc(CCOC(C)=O)oc2c1. The van der Waals surface area contributed by atoms with Gasteiger partial charge in [0.05, 0.1) is 6.61 Å². The normalized spacial score (nSPS) is 10.4. The van der Waals surface area contributed by atoms with Crippen LogP contribution >= 0.6 is 0 Å². The van der Waals surface area contributed by atoms with Gasteiger partial charge in [0, 0.05) is 37.4 Å². The van der Waals surface area contributed by atoms with E-state index >= 15 is 0 Å². The van der Waals surface area contributed by atoms with Crippen LogP contribution in [0.2, 0.25) is 0 Å². The van der Waals surface area contributed by atoms with E-state index in [-0.39, 0.29) is 11.9 Å². The van der Waals surface area contributed by atoms with E-state index in [4.69, 9.17) is 9.15 Å². The lowest BCUT2D eigenvalue weighted by atomic mass is 10.2. The first-order valence-electron chi connectivity index (χ1n) is 5.98. The Morgan fingerprint density at radius 1 is 1.26 bits per heavy atom. The zero-order valence-corrected chi connectivity index (χ0v) is 10.9. The third-order valence-corrected chi connectivity index (χ3v) is 2.55. The number of nitrogens with one attached hydrogen (secondary N) is 1. The Morgan fingerprint density at radius 2 is 2.05 bits per heavy atom. The van der Waals surface area contributed by atoms with Gasteiger partial charge in [0.1, 0.15) is 11.3 Å². The fourth-order valence-corrected chi connectivity index (χ4v) is 1.79. The van der Waals surface area contributed by atoms with Crippen molar-refractivity contribution in [2.75, 3.05) is 11.9 Å². The van der Waals surface area contributed by atoms with Gasteiger partial charge in [-0.1, -0.05) is 0 Å². The van der Waals surface area contributed by atoms with Crippen LogP contribution in [0.25, 0.3) is 11.0 Å². The van der Waals surface area contributed by atoms with Crippen LogP contribution in [0.5, 0.6) is 0 Å². The minimum Gasteiger partial charge on any atom is -0.465 e. The van der Waals surface area contributed by atoms with Gasteiger partial charge in [-0.05, 0) is 18.2 Å². The highest BCUT2D eigenvalue weighted by Gasteiger charge is 2.06. The predicted octanol–water partition coefficient (Wildman–Crippen LogP) is 2.50. The predicted molar refractivity (Wildman–Crippen MR) is 70.9 cm³/mol. The summed E-state index contributed by atoms with van der Waals surface area (Å²) in [7, 11) is 0. The first-order valence-corrected chi connectivity index (χ1v) is 5.98. The van der Waals surface area contributed by atoms with Crippen LogP contribution in [0.3, 0.4) is 0 Å². The minimum atomic E-state index is -0.302. The number of hydrogen-bond donors (Lipinski definition) is 1. The molecule has 0 unspecified atom stereocenters. The Balaban J connectivity index is 2.11. The largest absolute Gasteiger partial charge is 0.465 e. The number of fused-ring (bicyclic) bond motifs is 1. The smallest absolute Gasteiger partial charge is 0.302 e. The third kappa shape index (κ3) is 3.58. The number of amides is 1. The molecule has 0 radical (unpaired) electrons. The summed E-state index contributed by atoms with van der Waals surface area (Å²) in [5.74, 6) is 0.321. The lowest BCUT2D eigenvalue weighted by Crippen LogP contribution is -2.05. The molecule has 1 N–H and O–H groups in total. The highest BCUT2D eigenvalue weighted by atomic mass is 16.5. The lowest BCUT2D eigenvalue weighted by Gasteiger charge is -2.00. The molecule has 0 fully saturated rings. The molecule has 1 aromatic heterocycles. The molecule has 1 heterocycles. The molecule has 19 heavy (non-hydrogen) atoms. The van der Waals surface area contributed by atoms with Crippen molar-refractivity contribution in [3.63, 3.8) is 0 Å². The second-order valence-corrected chi connectivity index (χ2v) is 4.24. The Bertz CT molecular complexity index is 615. The summed E-state index contributed by atoms with van der Waals surface area (Å²) in [5.41, 5.74) is 1.39. The van der Waals surface area contributed by atoms with E-state index in [0.717, 1.165) is 11.1 Å². The van der Waals surface area contributed by atoms with Crippen molar-refractivity contribution in [1.82, 2.24) is 0 Å². The van der Waals surface area contributed by atoms with Crippen molar-refractivity contribution in [3.05, 3.63) is 30.0 Å². The Kier molecular flexibility index (Phi) is 3.85. The molecule has 0 atom stereocenters. The maximum Gasteiger partial charge on any atom is 0.302 e. The van der Waals surface area contributed by atoms with Gasteiger partial charge >= 0.3 is 5.97 Å². The third-order valence-electron chi connectivity index (χ3n) is 2.55. The van der Waals surface area contributed by atoms with Crippen molar-refractivity contribution in [3.8, 4) is 0 Å². The number of hydrogen-bond acceptors (Lipinski definition) is 4. The molecule has 0 aliphatic rings. The number of rotatable bonds is 4. The molecule has 1 aromatic carbocycles. The second kappa shape index (κ2) is 5.56. The fraction of sp³-hybridized carbons (Fsp3) is 0.286. The van der Waals surface area contributed by atoms with Crippen molar-refractivity contribution in [2.45, 2.75) is 20.3 Å². The van der Waals surface area contributed by atoms with E-state index in [1.807, 2.05) is 18.2 Å². The number of furan rings is 1. The molecule has 0 saturated heterocycles. The van der Waals surface area contributed by atoms with E-state index in [9.17, 15) is 9.59 Å². The van der Waals surface area contributed by atoms with E-state index in [2.05, 4.69) is 5.32 Å². The van der Waals surface area contributed by atoms with Crippen molar-refractivity contribution >= 4 is 28.5 Å². The van der Waals surface area contributed by atoms with Crippen LogP contribution in [-0.4, -0.2) is 18.5 Å². The molecule has 2 aromatic rings. The van der Waals surface area contributed by atoms with Crippen LogP contribution < -0.4 is 5.32 Å². The molecular formula is C14H15NO4. The number of esters is 1. The van der Waals surface area contributed by atoms with Gasteiger partial charge in [0.15, 0.2) is 0 Å². The monoisotopic (exact) mass is 261 g/mol.